The quantitative estimate of drug-likeness (QED) is 0.606. The zero-order valence-electron chi connectivity index (χ0n) is 8.01. The number of allylic oxidation sites excluding steroid dienone is 1. The van der Waals surface area contributed by atoms with Crippen LogP contribution in [0.5, 0.6) is 0 Å². The van der Waals surface area contributed by atoms with Gasteiger partial charge in [0.25, 0.3) is 0 Å². The molecule has 1 N–H and O–H groups in total. The van der Waals surface area contributed by atoms with Crippen LogP contribution in [0.2, 0.25) is 0 Å². The van der Waals surface area contributed by atoms with Crippen molar-refractivity contribution in [2.45, 2.75) is 15.8 Å². The van der Waals surface area contributed by atoms with Crippen LogP contribution in [0.15, 0.2) is 12.7 Å². The van der Waals surface area contributed by atoms with Crippen LogP contribution in [0.4, 0.5) is 0 Å². The maximum Gasteiger partial charge on any atom is 0.220 e. The number of hydrogen-bond acceptors (Lipinski definition) is 2. The van der Waals surface area contributed by atoms with Crippen LogP contribution in [0.1, 0.15) is 6.42 Å². The number of rotatable bonds is 2. The lowest BCUT2D eigenvalue weighted by molar-refractivity contribution is 0.0176. The summed E-state index contributed by atoms with van der Waals surface area (Å²) in [7, 11) is 1.89. The highest BCUT2D eigenvalue weighted by atomic mass is 35.6. The second-order valence-electron chi connectivity index (χ2n) is 3.84. The minimum atomic E-state index is -1.65. The number of likely N-dealkylation sites (N-methyl/N-ethyl adjacent to an activating group) is 1. The molecular weight excluding hydrogens is 244 g/mol. The summed E-state index contributed by atoms with van der Waals surface area (Å²) < 4.78 is -1.65. The number of nitrogens with zero attached hydrogens (tertiary/aromatic N) is 1. The van der Waals surface area contributed by atoms with Crippen LogP contribution in [-0.4, -0.2) is 39.5 Å². The van der Waals surface area contributed by atoms with Gasteiger partial charge in [0.15, 0.2) is 0 Å². The Morgan fingerprint density at radius 2 is 2.21 bits per heavy atom. The summed E-state index contributed by atoms with van der Waals surface area (Å²) in [5.74, 6) is -0.0718. The molecule has 0 aromatic heterocycles. The van der Waals surface area contributed by atoms with Crippen molar-refractivity contribution in [1.29, 1.82) is 0 Å². The lowest BCUT2D eigenvalue weighted by Crippen LogP contribution is -2.49. The van der Waals surface area contributed by atoms with E-state index in [1.807, 2.05) is 11.9 Å². The van der Waals surface area contributed by atoms with Crippen molar-refractivity contribution in [2.75, 3.05) is 20.1 Å². The maximum absolute atomic E-state index is 10.3. The van der Waals surface area contributed by atoms with Gasteiger partial charge in [-0.15, -0.1) is 6.58 Å². The Kier molecular flexibility index (Phi) is 3.77. The van der Waals surface area contributed by atoms with E-state index in [2.05, 4.69) is 6.58 Å². The highest BCUT2D eigenvalue weighted by Crippen LogP contribution is 2.47. The molecule has 1 saturated heterocycles. The highest BCUT2D eigenvalue weighted by molar-refractivity contribution is 6.68. The number of likely N-dealkylation sites (tertiary alicyclic amines) is 1. The van der Waals surface area contributed by atoms with E-state index in [0.717, 1.165) is 6.54 Å². The first-order valence-corrected chi connectivity index (χ1v) is 5.53. The van der Waals surface area contributed by atoms with Gasteiger partial charge >= 0.3 is 0 Å². The topological polar surface area (TPSA) is 23.5 Å². The summed E-state index contributed by atoms with van der Waals surface area (Å²) in [6, 6.07) is 0. The van der Waals surface area contributed by atoms with Gasteiger partial charge in [-0.1, -0.05) is 40.9 Å². The van der Waals surface area contributed by atoms with Crippen molar-refractivity contribution in [3.05, 3.63) is 12.7 Å². The predicted octanol–water partition coefficient (Wildman–Crippen LogP) is 2.23. The smallest absolute Gasteiger partial charge is 0.220 e. The first-order valence-electron chi connectivity index (χ1n) is 4.40. The molecule has 1 aliphatic rings. The Morgan fingerprint density at radius 1 is 1.64 bits per heavy atom. The zero-order chi connectivity index (χ0) is 11.0. The molecule has 0 aromatic carbocycles. The fourth-order valence-electron chi connectivity index (χ4n) is 1.92. The van der Waals surface area contributed by atoms with Crippen LogP contribution >= 0.6 is 34.8 Å². The number of alkyl halides is 3. The van der Waals surface area contributed by atoms with Gasteiger partial charge in [-0.3, -0.25) is 0 Å². The highest BCUT2D eigenvalue weighted by Gasteiger charge is 2.56. The van der Waals surface area contributed by atoms with Gasteiger partial charge in [0.1, 0.15) is 5.60 Å². The van der Waals surface area contributed by atoms with Crippen molar-refractivity contribution in [1.82, 2.24) is 4.90 Å². The largest absolute Gasteiger partial charge is 0.384 e. The first-order chi connectivity index (χ1) is 6.31. The van der Waals surface area contributed by atoms with E-state index in [9.17, 15) is 5.11 Å². The molecule has 0 radical (unpaired) electrons. The molecule has 2 atom stereocenters. The molecule has 0 amide bonds. The minimum absolute atomic E-state index is 0.0718. The SMILES string of the molecule is C=CC[C@H]1CN(C)C[C@]1(O)C(Cl)(Cl)Cl. The van der Waals surface area contributed by atoms with E-state index in [0.29, 0.717) is 13.0 Å². The molecule has 1 heterocycles. The molecule has 1 fully saturated rings. The van der Waals surface area contributed by atoms with Crippen LogP contribution in [0, 0.1) is 5.92 Å². The second kappa shape index (κ2) is 4.18. The first kappa shape index (κ1) is 12.6. The fourth-order valence-corrected chi connectivity index (χ4v) is 2.57. The second-order valence-corrected chi connectivity index (χ2v) is 6.12. The van der Waals surface area contributed by atoms with E-state index in [-0.39, 0.29) is 5.92 Å². The summed E-state index contributed by atoms with van der Waals surface area (Å²) in [5.41, 5.74) is -1.28. The Hall–Kier alpha value is 0.530. The van der Waals surface area contributed by atoms with Gasteiger partial charge in [-0.2, -0.15) is 0 Å². The van der Waals surface area contributed by atoms with Gasteiger partial charge in [0.05, 0.1) is 0 Å². The molecule has 2 nitrogen and oxygen atoms in total. The molecule has 0 saturated carbocycles. The minimum Gasteiger partial charge on any atom is -0.384 e. The van der Waals surface area contributed by atoms with Crippen LogP contribution in [0.3, 0.4) is 0 Å². The number of aliphatic hydroxyl groups is 1. The molecule has 1 rings (SSSR count). The molecule has 0 aromatic rings. The molecule has 0 spiro atoms. The summed E-state index contributed by atoms with van der Waals surface area (Å²) in [6.07, 6.45) is 2.39. The molecule has 1 aliphatic heterocycles. The average Bonchev–Trinajstić information content (AvgIpc) is 2.27. The molecule has 0 unspecified atom stereocenters. The molecular formula is C9H14Cl3NO. The third-order valence-electron chi connectivity index (χ3n) is 2.66. The van der Waals surface area contributed by atoms with Crippen LogP contribution in [-0.2, 0) is 0 Å². The zero-order valence-corrected chi connectivity index (χ0v) is 10.3. The molecule has 5 heteroatoms. The van der Waals surface area contributed by atoms with Crippen molar-refractivity contribution in [3.63, 3.8) is 0 Å². The van der Waals surface area contributed by atoms with Gasteiger partial charge in [-0.05, 0) is 13.5 Å². The summed E-state index contributed by atoms with van der Waals surface area (Å²) in [6.45, 7) is 4.73. The number of β-amino-alcohol motifs (C(OH)–C–C–N with tert-alkyl or cyclic N) is 1. The van der Waals surface area contributed by atoms with Crippen molar-refractivity contribution in [3.8, 4) is 0 Å². The molecule has 14 heavy (non-hydrogen) atoms. The Morgan fingerprint density at radius 3 is 2.64 bits per heavy atom. The predicted molar refractivity (Wildman–Crippen MR) is 61.0 cm³/mol. The van der Waals surface area contributed by atoms with Crippen molar-refractivity contribution in [2.24, 2.45) is 5.92 Å². The number of halogens is 3. The third kappa shape index (κ3) is 2.20. The van der Waals surface area contributed by atoms with Crippen LogP contribution in [0.25, 0.3) is 0 Å². The normalized spacial score (nSPS) is 34.8. The summed E-state index contributed by atoms with van der Waals surface area (Å²) in [5, 5.41) is 10.3. The lowest BCUT2D eigenvalue weighted by Gasteiger charge is -2.35. The standard InChI is InChI=1S/C9H14Cl3NO/c1-3-4-7-5-13(2)6-8(7,14)9(10,11)12/h3,7,14H,1,4-6H2,2H3/t7-,8+/m0/s1. The molecule has 0 bridgehead atoms. The van der Waals surface area contributed by atoms with Gasteiger partial charge in [-0.25, -0.2) is 0 Å². The van der Waals surface area contributed by atoms with Crippen molar-refractivity contribution < 1.29 is 5.11 Å². The Bertz CT molecular complexity index is 229. The van der Waals surface area contributed by atoms with Crippen molar-refractivity contribution >= 4 is 34.8 Å². The monoisotopic (exact) mass is 257 g/mol. The fraction of sp³-hybridized carbons (Fsp3) is 0.778. The van der Waals surface area contributed by atoms with Crippen LogP contribution < -0.4 is 0 Å². The Balaban J connectivity index is 2.89. The molecule has 82 valence electrons. The van der Waals surface area contributed by atoms with E-state index in [1.54, 1.807) is 6.08 Å². The maximum atomic E-state index is 10.3. The summed E-state index contributed by atoms with van der Waals surface area (Å²) >= 11 is 17.4. The molecule has 0 aliphatic carbocycles. The lowest BCUT2D eigenvalue weighted by atomic mass is 9.89. The average molecular weight is 259 g/mol. The van der Waals surface area contributed by atoms with Gasteiger partial charge in [0.2, 0.25) is 3.79 Å². The Labute approximate surface area is 99.4 Å². The van der Waals surface area contributed by atoms with E-state index in [1.165, 1.54) is 0 Å². The third-order valence-corrected chi connectivity index (χ3v) is 3.64. The van der Waals surface area contributed by atoms with Gasteiger partial charge < -0.3 is 10.0 Å². The number of hydrogen-bond donors (Lipinski definition) is 1. The van der Waals surface area contributed by atoms with E-state index >= 15 is 0 Å². The summed E-state index contributed by atoms with van der Waals surface area (Å²) in [4.78, 5) is 1.95. The van der Waals surface area contributed by atoms with E-state index in [4.69, 9.17) is 34.8 Å². The van der Waals surface area contributed by atoms with E-state index < -0.39 is 9.39 Å². The van der Waals surface area contributed by atoms with Gasteiger partial charge in [0, 0.05) is 19.0 Å².